The van der Waals surface area contributed by atoms with Crippen LogP contribution in [0.25, 0.3) is 0 Å². The van der Waals surface area contributed by atoms with Gasteiger partial charge in [-0.3, -0.25) is 4.79 Å². The molecule has 1 spiro atoms. The molecule has 0 aliphatic heterocycles. The van der Waals surface area contributed by atoms with Crippen molar-refractivity contribution in [1.82, 2.24) is 0 Å². The molecule has 0 saturated carbocycles. The fourth-order valence-corrected chi connectivity index (χ4v) is 2.95. The van der Waals surface area contributed by atoms with Gasteiger partial charge in [-0.25, -0.2) is 0 Å². The Morgan fingerprint density at radius 2 is 1.76 bits per heavy atom. The summed E-state index contributed by atoms with van der Waals surface area (Å²) in [5, 5.41) is 0. The molecular weight excluding hydrogens is 308 g/mol. The highest BCUT2D eigenvalue weighted by Crippen LogP contribution is 2.38. The number of hydrogen-bond donors (Lipinski definition) is 0. The van der Waals surface area contributed by atoms with Gasteiger partial charge in [-0.05, 0) is 33.1 Å². The normalized spacial score (nSPS) is 21.4. The SMILES string of the molecule is CCOC(=O)C(C)C/C=C\C/C=C\C1(C)C=CC2(C=CCC=C2)C=C1. The van der Waals surface area contributed by atoms with Crippen LogP contribution in [0.3, 0.4) is 0 Å². The Morgan fingerprint density at radius 3 is 2.40 bits per heavy atom. The van der Waals surface area contributed by atoms with Gasteiger partial charge >= 0.3 is 5.97 Å². The van der Waals surface area contributed by atoms with Gasteiger partial charge in [-0.2, -0.15) is 0 Å². The molecule has 2 rings (SSSR count). The zero-order valence-electron chi connectivity index (χ0n) is 15.7. The van der Waals surface area contributed by atoms with Crippen LogP contribution in [0.4, 0.5) is 0 Å². The van der Waals surface area contributed by atoms with Crippen molar-refractivity contribution in [2.75, 3.05) is 6.61 Å². The average Bonchev–Trinajstić information content (AvgIpc) is 2.62. The van der Waals surface area contributed by atoms with Crippen molar-refractivity contribution in [2.24, 2.45) is 16.7 Å². The Labute approximate surface area is 152 Å². The van der Waals surface area contributed by atoms with Crippen molar-refractivity contribution >= 4 is 5.97 Å². The number of hydrogen-bond acceptors (Lipinski definition) is 2. The van der Waals surface area contributed by atoms with Crippen LogP contribution in [0.5, 0.6) is 0 Å². The van der Waals surface area contributed by atoms with Crippen molar-refractivity contribution in [2.45, 2.75) is 40.0 Å². The third kappa shape index (κ3) is 5.74. The average molecular weight is 338 g/mol. The second-order valence-corrected chi connectivity index (χ2v) is 7.07. The topological polar surface area (TPSA) is 26.3 Å². The summed E-state index contributed by atoms with van der Waals surface area (Å²) in [5.74, 6) is -0.192. The van der Waals surface area contributed by atoms with Crippen molar-refractivity contribution < 1.29 is 9.53 Å². The van der Waals surface area contributed by atoms with Gasteiger partial charge in [0, 0.05) is 10.8 Å². The van der Waals surface area contributed by atoms with E-state index in [0.717, 1.165) is 19.3 Å². The molecule has 2 aliphatic rings. The molecule has 0 aromatic heterocycles. The first-order valence-electron chi connectivity index (χ1n) is 9.24. The highest BCUT2D eigenvalue weighted by Gasteiger charge is 2.26. The molecule has 0 amide bonds. The molecule has 2 nitrogen and oxygen atoms in total. The van der Waals surface area contributed by atoms with E-state index in [1.54, 1.807) is 0 Å². The lowest BCUT2D eigenvalue weighted by Crippen LogP contribution is -2.18. The summed E-state index contributed by atoms with van der Waals surface area (Å²) in [6, 6.07) is 0. The highest BCUT2D eigenvalue weighted by atomic mass is 16.5. The van der Waals surface area contributed by atoms with Gasteiger partial charge in [0.25, 0.3) is 0 Å². The van der Waals surface area contributed by atoms with Crippen LogP contribution in [0.1, 0.15) is 40.0 Å². The molecule has 2 aliphatic carbocycles. The smallest absolute Gasteiger partial charge is 0.308 e. The molecule has 0 aromatic carbocycles. The largest absolute Gasteiger partial charge is 0.466 e. The van der Waals surface area contributed by atoms with Gasteiger partial charge < -0.3 is 4.74 Å². The van der Waals surface area contributed by atoms with E-state index >= 15 is 0 Å². The first-order valence-corrected chi connectivity index (χ1v) is 9.24. The summed E-state index contributed by atoms with van der Waals surface area (Å²) in [4.78, 5) is 11.5. The minimum absolute atomic E-state index is 0.0191. The lowest BCUT2D eigenvalue weighted by atomic mass is 9.74. The maximum absolute atomic E-state index is 11.5. The summed E-state index contributed by atoms with van der Waals surface area (Å²) >= 11 is 0. The van der Waals surface area contributed by atoms with Crippen molar-refractivity contribution in [3.63, 3.8) is 0 Å². The van der Waals surface area contributed by atoms with E-state index < -0.39 is 0 Å². The first-order chi connectivity index (χ1) is 12.0. The summed E-state index contributed by atoms with van der Waals surface area (Å²) in [7, 11) is 0. The van der Waals surface area contributed by atoms with E-state index in [9.17, 15) is 4.79 Å². The van der Waals surface area contributed by atoms with Crippen LogP contribution >= 0.6 is 0 Å². The number of esters is 1. The maximum atomic E-state index is 11.5. The second-order valence-electron chi connectivity index (χ2n) is 7.07. The number of rotatable bonds is 7. The van der Waals surface area contributed by atoms with Crippen molar-refractivity contribution in [3.05, 3.63) is 72.9 Å². The van der Waals surface area contributed by atoms with E-state index in [0.29, 0.717) is 6.61 Å². The Morgan fingerprint density at radius 1 is 1.08 bits per heavy atom. The van der Waals surface area contributed by atoms with Crippen molar-refractivity contribution in [1.29, 1.82) is 0 Å². The minimum atomic E-state index is -0.118. The highest BCUT2D eigenvalue weighted by molar-refractivity contribution is 5.72. The Hall–Kier alpha value is -2.09. The fourth-order valence-electron chi connectivity index (χ4n) is 2.95. The van der Waals surface area contributed by atoms with Gasteiger partial charge in [-0.15, -0.1) is 0 Å². The van der Waals surface area contributed by atoms with Gasteiger partial charge in [0.2, 0.25) is 0 Å². The van der Waals surface area contributed by atoms with E-state index in [-0.39, 0.29) is 22.7 Å². The van der Waals surface area contributed by atoms with E-state index in [1.807, 2.05) is 13.8 Å². The zero-order chi connectivity index (χ0) is 18.2. The summed E-state index contributed by atoms with van der Waals surface area (Å²) < 4.78 is 5.01. The molecule has 2 heteroatoms. The molecule has 0 heterocycles. The number of carbonyl (C=O) groups excluding carboxylic acids is 1. The lowest BCUT2D eigenvalue weighted by Gasteiger charge is -2.30. The summed E-state index contributed by atoms with van der Waals surface area (Å²) in [6.45, 7) is 6.40. The standard InChI is InChI=1S/C23H30O2/c1-4-25-21(24)20(2)12-8-5-6-9-13-22(3)16-18-23(19-17-22)14-10-7-11-15-23/h5,8-11,13-20H,4,6-7,12H2,1-3H3/b8-5-,13-9-. The molecule has 0 aromatic rings. The second kappa shape index (κ2) is 8.84. The monoisotopic (exact) mass is 338 g/mol. The molecule has 1 unspecified atom stereocenters. The third-order valence-corrected chi connectivity index (χ3v) is 4.64. The van der Waals surface area contributed by atoms with Gasteiger partial charge in [0.05, 0.1) is 12.5 Å². The van der Waals surface area contributed by atoms with Crippen LogP contribution in [0.15, 0.2) is 72.9 Å². The quantitative estimate of drug-likeness (QED) is 0.439. The van der Waals surface area contributed by atoms with Crippen molar-refractivity contribution in [3.8, 4) is 0 Å². The lowest BCUT2D eigenvalue weighted by molar-refractivity contribution is -0.147. The summed E-state index contributed by atoms with van der Waals surface area (Å²) in [5.41, 5.74) is -0.0504. The summed E-state index contributed by atoms with van der Waals surface area (Å²) in [6.07, 6.45) is 29.3. The molecule has 0 saturated heterocycles. The van der Waals surface area contributed by atoms with Crippen LogP contribution in [-0.4, -0.2) is 12.6 Å². The minimum Gasteiger partial charge on any atom is -0.466 e. The number of carbonyl (C=O) groups is 1. The van der Waals surface area contributed by atoms with E-state index in [4.69, 9.17) is 4.74 Å². The van der Waals surface area contributed by atoms with Gasteiger partial charge in [0.1, 0.15) is 0 Å². The number of ether oxygens (including phenoxy) is 1. The van der Waals surface area contributed by atoms with E-state index in [1.165, 1.54) is 0 Å². The number of allylic oxidation sites excluding steroid dienone is 12. The fraction of sp³-hybridized carbons (Fsp3) is 0.435. The third-order valence-electron chi connectivity index (χ3n) is 4.64. The molecule has 0 bridgehead atoms. The molecule has 1 atom stereocenters. The Balaban J connectivity index is 1.79. The molecule has 0 radical (unpaired) electrons. The molecular formula is C23H30O2. The molecule has 25 heavy (non-hydrogen) atoms. The predicted octanol–water partition coefficient (Wildman–Crippen LogP) is 5.71. The van der Waals surface area contributed by atoms with Crippen LogP contribution < -0.4 is 0 Å². The first kappa shape index (κ1) is 19.2. The molecule has 0 fully saturated rings. The molecule has 0 N–H and O–H groups in total. The Kier molecular flexibility index (Phi) is 6.81. The predicted molar refractivity (Wildman–Crippen MR) is 105 cm³/mol. The van der Waals surface area contributed by atoms with Crippen LogP contribution in [0.2, 0.25) is 0 Å². The van der Waals surface area contributed by atoms with Crippen LogP contribution in [-0.2, 0) is 9.53 Å². The molecule has 134 valence electrons. The Bertz CT molecular complexity index is 600. The van der Waals surface area contributed by atoms with Crippen LogP contribution in [0, 0.1) is 16.7 Å². The van der Waals surface area contributed by atoms with E-state index in [2.05, 4.69) is 79.8 Å². The maximum Gasteiger partial charge on any atom is 0.308 e. The van der Waals surface area contributed by atoms with Gasteiger partial charge in [-0.1, -0.05) is 79.8 Å². The zero-order valence-corrected chi connectivity index (χ0v) is 15.7. The van der Waals surface area contributed by atoms with Gasteiger partial charge in [0.15, 0.2) is 0 Å².